The number of benzene rings is 1. The van der Waals surface area contributed by atoms with E-state index in [0.29, 0.717) is 21.6 Å². The van der Waals surface area contributed by atoms with Crippen LogP contribution in [0.25, 0.3) is 10.6 Å². The number of carbonyl (C=O) groups excluding carboxylic acids is 1. The lowest BCUT2D eigenvalue weighted by Crippen LogP contribution is -2.37. The van der Waals surface area contributed by atoms with E-state index in [4.69, 9.17) is 9.47 Å². The number of nitrogens with zero attached hydrogens (tertiary/aromatic N) is 5. The fourth-order valence-corrected chi connectivity index (χ4v) is 4.61. The van der Waals surface area contributed by atoms with Gasteiger partial charge in [-0.15, -0.1) is 10.2 Å². The summed E-state index contributed by atoms with van der Waals surface area (Å²) in [5.74, 6) is 0.164. The Bertz CT molecular complexity index is 1250. The molecule has 1 amide bonds. The number of hydrogen-bond donors (Lipinski definition) is 1. The quantitative estimate of drug-likeness (QED) is 0.365. The Balaban J connectivity index is 1.21. The molecule has 184 valence electrons. The zero-order valence-corrected chi connectivity index (χ0v) is 20.4. The second-order valence-corrected chi connectivity index (χ2v) is 9.22. The first-order valence-corrected chi connectivity index (χ1v) is 12.6. The molecule has 10 heteroatoms. The van der Waals surface area contributed by atoms with Crippen molar-refractivity contribution in [2.75, 3.05) is 38.2 Å². The molecule has 0 spiro atoms. The third kappa shape index (κ3) is 6.28. The van der Waals surface area contributed by atoms with E-state index in [1.165, 1.54) is 17.5 Å². The molecule has 3 aromatic heterocycles. The summed E-state index contributed by atoms with van der Waals surface area (Å²) in [6.07, 6.45) is 5.57. The normalized spacial score (nSPS) is 14.8. The monoisotopic (exact) mass is 502 g/mol. The van der Waals surface area contributed by atoms with Crippen molar-refractivity contribution >= 4 is 22.4 Å². The number of amides is 1. The average molecular weight is 503 g/mol. The van der Waals surface area contributed by atoms with Gasteiger partial charge >= 0.3 is 0 Å². The highest BCUT2D eigenvalue weighted by molar-refractivity contribution is 7.18. The summed E-state index contributed by atoms with van der Waals surface area (Å²) >= 11 is 1.30. The summed E-state index contributed by atoms with van der Waals surface area (Å²) < 4.78 is 11.7. The van der Waals surface area contributed by atoms with Gasteiger partial charge in [-0.25, -0.2) is 4.98 Å². The molecule has 4 aromatic rings. The Labute approximate surface area is 213 Å². The second-order valence-electron chi connectivity index (χ2n) is 8.25. The summed E-state index contributed by atoms with van der Waals surface area (Å²) in [5, 5.41) is 12.1. The highest BCUT2D eigenvalue weighted by Crippen LogP contribution is 2.27. The van der Waals surface area contributed by atoms with Gasteiger partial charge in [-0.3, -0.25) is 20.0 Å². The van der Waals surface area contributed by atoms with Crippen LogP contribution in [-0.2, 0) is 4.74 Å². The molecule has 1 aromatic carbocycles. The van der Waals surface area contributed by atoms with E-state index in [2.05, 4.69) is 42.5 Å². The van der Waals surface area contributed by atoms with E-state index in [9.17, 15) is 4.79 Å². The molecule has 1 saturated heterocycles. The lowest BCUT2D eigenvalue weighted by atomic mass is 10.1. The van der Waals surface area contributed by atoms with Gasteiger partial charge in [0.2, 0.25) is 11.0 Å². The first kappa shape index (κ1) is 24.0. The van der Waals surface area contributed by atoms with Gasteiger partial charge in [0.25, 0.3) is 5.91 Å². The van der Waals surface area contributed by atoms with E-state index >= 15 is 0 Å². The number of rotatable bonds is 9. The largest absolute Gasteiger partial charge is 0.469 e. The van der Waals surface area contributed by atoms with Gasteiger partial charge in [0.1, 0.15) is 11.1 Å². The molecule has 1 fully saturated rings. The van der Waals surface area contributed by atoms with Crippen LogP contribution in [0.15, 0.2) is 73.2 Å². The molecular weight excluding hydrogens is 476 g/mol. The maximum atomic E-state index is 12.7. The molecule has 4 heterocycles. The van der Waals surface area contributed by atoms with Crippen LogP contribution in [0.1, 0.15) is 28.4 Å². The fourth-order valence-electron chi connectivity index (χ4n) is 3.87. The predicted molar refractivity (Wildman–Crippen MR) is 137 cm³/mol. The van der Waals surface area contributed by atoms with E-state index in [1.54, 1.807) is 24.5 Å². The van der Waals surface area contributed by atoms with Crippen LogP contribution >= 0.6 is 11.3 Å². The van der Waals surface area contributed by atoms with Gasteiger partial charge in [-0.05, 0) is 23.8 Å². The summed E-state index contributed by atoms with van der Waals surface area (Å²) in [4.78, 5) is 23.5. The van der Waals surface area contributed by atoms with Gasteiger partial charge in [0.05, 0.1) is 18.8 Å². The summed E-state index contributed by atoms with van der Waals surface area (Å²) in [5.41, 5.74) is 2.40. The number of ether oxygens (including phenoxy) is 2. The molecule has 0 aliphatic carbocycles. The Morgan fingerprint density at radius 2 is 1.86 bits per heavy atom. The highest BCUT2D eigenvalue weighted by atomic mass is 32.1. The van der Waals surface area contributed by atoms with Gasteiger partial charge in [0.15, 0.2) is 0 Å². The highest BCUT2D eigenvalue weighted by Gasteiger charge is 2.18. The van der Waals surface area contributed by atoms with Crippen LogP contribution in [0, 0.1) is 0 Å². The van der Waals surface area contributed by atoms with Gasteiger partial charge in [0, 0.05) is 56.3 Å². The van der Waals surface area contributed by atoms with E-state index in [0.717, 1.165) is 50.4 Å². The molecule has 5 rings (SSSR count). The van der Waals surface area contributed by atoms with Crippen molar-refractivity contribution in [3.05, 3.63) is 84.3 Å². The van der Waals surface area contributed by atoms with Crippen LogP contribution in [-0.4, -0.2) is 63.8 Å². The topological polar surface area (TPSA) is 102 Å². The van der Waals surface area contributed by atoms with Crippen LogP contribution < -0.4 is 10.1 Å². The minimum absolute atomic E-state index is 0.144. The Morgan fingerprint density at radius 3 is 2.61 bits per heavy atom. The summed E-state index contributed by atoms with van der Waals surface area (Å²) in [7, 11) is 0. The number of morpholine rings is 1. The molecule has 1 atom stereocenters. The van der Waals surface area contributed by atoms with Crippen LogP contribution in [0.2, 0.25) is 0 Å². The lowest BCUT2D eigenvalue weighted by molar-refractivity contribution is 0.0314. The third-order valence-corrected chi connectivity index (χ3v) is 6.70. The van der Waals surface area contributed by atoms with E-state index in [-0.39, 0.29) is 12.0 Å². The smallest absolute Gasteiger partial charge is 0.259 e. The van der Waals surface area contributed by atoms with Gasteiger partial charge < -0.3 is 9.47 Å². The number of nitrogens with one attached hydrogen (secondary N) is 1. The van der Waals surface area contributed by atoms with Crippen molar-refractivity contribution in [1.29, 1.82) is 0 Å². The Morgan fingerprint density at radius 1 is 1.06 bits per heavy atom. The molecule has 1 N–H and O–H groups in total. The van der Waals surface area contributed by atoms with Crippen molar-refractivity contribution in [3.63, 3.8) is 0 Å². The van der Waals surface area contributed by atoms with Gasteiger partial charge in [-0.2, -0.15) is 0 Å². The maximum absolute atomic E-state index is 12.7. The molecule has 36 heavy (non-hydrogen) atoms. The zero-order chi connectivity index (χ0) is 24.6. The number of anilines is 1. The maximum Gasteiger partial charge on any atom is 0.259 e. The summed E-state index contributed by atoms with van der Waals surface area (Å²) in [6.45, 7) is 4.31. The zero-order valence-electron chi connectivity index (χ0n) is 19.6. The molecule has 0 saturated carbocycles. The molecule has 1 aliphatic heterocycles. The molecule has 9 nitrogen and oxygen atoms in total. The van der Waals surface area contributed by atoms with E-state index < -0.39 is 0 Å². The minimum atomic E-state index is -0.307. The van der Waals surface area contributed by atoms with E-state index in [1.807, 2.05) is 30.3 Å². The van der Waals surface area contributed by atoms with Crippen LogP contribution in [0.5, 0.6) is 5.88 Å². The van der Waals surface area contributed by atoms with Crippen molar-refractivity contribution in [1.82, 2.24) is 25.1 Å². The Hall–Kier alpha value is -3.73. The molecule has 1 aliphatic rings. The second kappa shape index (κ2) is 11.8. The Kier molecular flexibility index (Phi) is 7.86. The first-order valence-electron chi connectivity index (χ1n) is 11.8. The van der Waals surface area contributed by atoms with Crippen molar-refractivity contribution in [3.8, 4) is 16.5 Å². The van der Waals surface area contributed by atoms with Gasteiger partial charge in [-0.1, -0.05) is 41.7 Å². The molecule has 0 unspecified atom stereocenters. The number of aromatic nitrogens is 4. The van der Waals surface area contributed by atoms with Crippen molar-refractivity contribution in [2.24, 2.45) is 0 Å². The standard InChI is InChI=1S/C26H26N6O3S/c33-24(29-26-31-30-25(36-26)20-8-11-27-12-9-20)21-6-7-23(28-18-21)35-22(19-4-2-1-3-5-19)10-13-32-14-16-34-17-15-32/h1-9,11-12,18,22H,10,13-17H2,(H,29,31,33)/t22-/m0/s1. The molecular formula is C26H26N6O3S. The minimum Gasteiger partial charge on any atom is -0.469 e. The van der Waals surface area contributed by atoms with Crippen LogP contribution in [0.4, 0.5) is 5.13 Å². The lowest BCUT2D eigenvalue weighted by Gasteiger charge is -2.28. The molecule has 0 radical (unpaired) electrons. The fraction of sp³-hybridized carbons (Fsp3) is 0.269. The van der Waals surface area contributed by atoms with Crippen molar-refractivity contribution in [2.45, 2.75) is 12.5 Å². The summed E-state index contributed by atoms with van der Waals surface area (Å²) in [6, 6.07) is 17.3. The SMILES string of the molecule is O=C(Nc1nnc(-c2ccncc2)s1)c1ccc(O[C@@H](CCN2CCOCC2)c2ccccc2)nc1. The number of hydrogen-bond acceptors (Lipinski definition) is 9. The first-order chi connectivity index (χ1) is 17.7. The molecule has 0 bridgehead atoms. The third-order valence-electron chi connectivity index (χ3n) is 5.82. The number of pyridine rings is 2. The average Bonchev–Trinajstić information content (AvgIpc) is 3.41. The number of carbonyl (C=O) groups is 1. The van der Waals surface area contributed by atoms with Crippen molar-refractivity contribution < 1.29 is 14.3 Å². The van der Waals surface area contributed by atoms with Crippen LogP contribution in [0.3, 0.4) is 0 Å². The predicted octanol–water partition coefficient (Wildman–Crippen LogP) is 4.09.